The lowest BCUT2D eigenvalue weighted by atomic mass is 9.80. The SMILES string of the molecule is COC(=O)C1(C)CCN(C(=O)CCC(=O)N[C@H](C(=O)N[C@@H](CCCNC(N)=O)C(=O)Nc2ccc(CBr)cc2)C(C)C)CC1. The Morgan fingerprint density at radius 2 is 1.64 bits per heavy atom. The number of rotatable bonds is 15. The van der Waals surface area contributed by atoms with E-state index in [1.165, 1.54) is 7.11 Å². The van der Waals surface area contributed by atoms with Crippen molar-refractivity contribution in [2.24, 2.45) is 17.1 Å². The van der Waals surface area contributed by atoms with Gasteiger partial charge in [-0.3, -0.25) is 24.0 Å². The van der Waals surface area contributed by atoms with Gasteiger partial charge in [0.25, 0.3) is 0 Å². The number of benzene rings is 1. The van der Waals surface area contributed by atoms with Gasteiger partial charge in [0.2, 0.25) is 23.6 Å². The topological polar surface area (TPSA) is 189 Å². The van der Waals surface area contributed by atoms with Crippen LogP contribution in [-0.4, -0.2) is 79.4 Å². The Balaban J connectivity index is 1.98. The quantitative estimate of drug-likeness (QED) is 0.107. The van der Waals surface area contributed by atoms with Crippen LogP contribution in [0.3, 0.4) is 0 Å². The number of anilines is 1. The average molecular weight is 682 g/mol. The lowest BCUT2D eigenvalue weighted by Gasteiger charge is -2.37. The van der Waals surface area contributed by atoms with Gasteiger partial charge in [0.1, 0.15) is 12.1 Å². The molecule has 0 spiro atoms. The normalized spacial score (nSPS) is 15.5. The predicted octanol–water partition coefficient (Wildman–Crippen LogP) is 2.18. The number of esters is 1. The summed E-state index contributed by atoms with van der Waals surface area (Å²) in [6, 6.07) is 4.61. The number of methoxy groups -OCH3 is 1. The van der Waals surface area contributed by atoms with E-state index >= 15 is 0 Å². The molecule has 0 aliphatic carbocycles. The number of ether oxygens (including phenoxy) is 1. The number of carbonyl (C=O) groups is 6. The Bertz CT molecular complexity index is 1170. The lowest BCUT2D eigenvalue weighted by molar-refractivity contribution is -0.156. The van der Waals surface area contributed by atoms with E-state index in [0.29, 0.717) is 43.4 Å². The number of halogens is 1. The Labute approximate surface area is 266 Å². The molecule has 0 bridgehead atoms. The molecule has 1 saturated heterocycles. The van der Waals surface area contributed by atoms with Gasteiger partial charge in [-0.1, -0.05) is 41.9 Å². The molecule has 6 amide bonds. The van der Waals surface area contributed by atoms with Gasteiger partial charge >= 0.3 is 12.0 Å². The molecule has 13 nitrogen and oxygen atoms in total. The maximum Gasteiger partial charge on any atom is 0.312 e. The van der Waals surface area contributed by atoms with Crippen molar-refractivity contribution in [1.82, 2.24) is 20.9 Å². The van der Waals surface area contributed by atoms with Crippen molar-refractivity contribution >= 4 is 57.2 Å². The highest BCUT2D eigenvalue weighted by atomic mass is 79.9. The van der Waals surface area contributed by atoms with Gasteiger partial charge < -0.3 is 36.6 Å². The fourth-order valence-electron chi connectivity index (χ4n) is 4.81. The standard InChI is InChI=1S/C30H45BrN6O7/c1-19(2)25(36-23(38)11-12-24(39)37-16-13-30(3,14-17-37)28(42)44-4)27(41)35-22(6-5-15-33-29(32)43)26(40)34-21-9-7-20(18-31)8-10-21/h7-10,19,22,25H,5-6,11-18H2,1-4H3,(H,34,40)(H,35,41)(H,36,38)(H3,32,33,43)/t22-,25-/m0/s1. The number of urea groups is 1. The summed E-state index contributed by atoms with van der Waals surface area (Å²) in [6.45, 7) is 6.34. The smallest absolute Gasteiger partial charge is 0.312 e. The molecule has 6 N–H and O–H groups in total. The second-order valence-electron chi connectivity index (χ2n) is 11.5. The monoisotopic (exact) mass is 680 g/mol. The summed E-state index contributed by atoms with van der Waals surface area (Å²) in [4.78, 5) is 76.8. The molecule has 1 fully saturated rings. The second-order valence-corrected chi connectivity index (χ2v) is 12.1. The summed E-state index contributed by atoms with van der Waals surface area (Å²) in [5.74, 6) is -2.29. The van der Waals surface area contributed by atoms with Gasteiger partial charge in [-0.05, 0) is 56.2 Å². The summed E-state index contributed by atoms with van der Waals surface area (Å²) in [5, 5.41) is 11.4. The van der Waals surface area contributed by atoms with Crippen LogP contribution in [0, 0.1) is 11.3 Å². The Morgan fingerprint density at radius 3 is 2.18 bits per heavy atom. The molecule has 1 aliphatic heterocycles. The third-order valence-corrected chi connectivity index (χ3v) is 8.35. The van der Waals surface area contributed by atoms with Gasteiger partial charge in [0.15, 0.2) is 0 Å². The number of carbonyl (C=O) groups excluding carboxylic acids is 6. The van der Waals surface area contributed by atoms with Crippen molar-refractivity contribution in [3.05, 3.63) is 29.8 Å². The van der Waals surface area contributed by atoms with Crippen molar-refractivity contribution in [2.75, 3.05) is 32.1 Å². The predicted molar refractivity (Wildman–Crippen MR) is 168 cm³/mol. The summed E-state index contributed by atoms with van der Waals surface area (Å²) >= 11 is 3.38. The van der Waals surface area contributed by atoms with Crippen LogP contribution in [0.5, 0.6) is 0 Å². The molecule has 1 aromatic carbocycles. The second kappa shape index (κ2) is 17.6. The van der Waals surface area contributed by atoms with E-state index < -0.39 is 41.3 Å². The first kappa shape index (κ1) is 36.5. The molecule has 1 aromatic rings. The molecular formula is C30H45BrN6O7. The summed E-state index contributed by atoms with van der Waals surface area (Å²) < 4.78 is 4.88. The first-order chi connectivity index (χ1) is 20.8. The van der Waals surface area contributed by atoms with Crippen LogP contribution in [0.4, 0.5) is 10.5 Å². The number of alkyl halides is 1. The van der Waals surface area contributed by atoms with Crippen molar-refractivity contribution in [2.45, 2.75) is 76.7 Å². The van der Waals surface area contributed by atoms with Crippen molar-refractivity contribution in [3.63, 3.8) is 0 Å². The van der Waals surface area contributed by atoms with E-state index in [9.17, 15) is 28.8 Å². The fraction of sp³-hybridized carbons (Fsp3) is 0.600. The summed E-state index contributed by atoms with van der Waals surface area (Å²) in [7, 11) is 1.35. The van der Waals surface area contributed by atoms with E-state index in [-0.39, 0.29) is 43.6 Å². The first-order valence-corrected chi connectivity index (χ1v) is 15.9. The van der Waals surface area contributed by atoms with Crippen molar-refractivity contribution in [3.8, 4) is 0 Å². The molecule has 0 radical (unpaired) electrons. The highest BCUT2D eigenvalue weighted by Gasteiger charge is 2.39. The highest BCUT2D eigenvalue weighted by molar-refractivity contribution is 9.08. The van der Waals surface area contributed by atoms with Crippen molar-refractivity contribution < 1.29 is 33.5 Å². The van der Waals surface area contributed by atoms with Crippen LogP contribution >= 0.6 is 15.9 Å². The Hall–Kier alpha value is -3.68. The summed E-state index contributed by atoms with van der Waals surface area (Å²) in [6.07, 6.45) is 1.35. The zero-order chi connectivity index (χ0) is 32.9. The summed E-state index contributed by atoms with van der Waals surface area (Å²) in [5.41, 5.74) is 6.07. The molecule has 1 aliphatic rings. The molecule has 0 unspecified atom stereocenters. The minimum atomic E-state index is -0.956. The van der Waals surface area contributed by atoms with Gasteiger partial charge in [-0.25, -0.2) is 4.79 Å². The maximum absolute atomic E-state index is 13.3. The number of nitrogens with one attached hydrogen (secondary N) is 4. The Kier molecular flexibility index (Phi) is 14.6. The number of amides is 6. The number of hydrogen-bond acceptors (Lipinski definition) is 7. The van der Waals surface area contributed by atoms with E-state index in [2.05, 4.69) is 37.2 Å². The first-order valence-electron chi connectivity index (χ1n) is 14.7. The lowest BCUT2D eigenvalue weighted by Crippen LogP contribution is -2.54. The molecule has 0 saturated carbocycles. The molecule has 44 heavy (non-hydrogen) atoms. The van der Waals surface area contributed by atoms with E-state index in [4.69, 9.17) is 10.5 Å². The molecule has 2 atom stereocenters. The molecule has 14 heteroatoms. The number of nitrogens with zero attached hydrogens (tertiary/aromatic N) is 1. The molecular weight excluding hydrogens is 636 g/mol. The molecule has 1 heterocycles. The van der Waals surface area contributed by atoms with Crippen LogP contribution < -0.4 is 27.0 Å². The zero-order valence-corrected chi connectivity index (χ0v) is 27.5. The number of hydrogen-bond donors (Lipinski definition) is 5. The maximum atomic E-state index is 13.3. The van der Waals surface area contributed by atoms with Crippen LogP contribution in [0.15, 0.2) is 24.3 Å². The van der Waals surface area contributed by atoms with E-state index in [1.807, 2.05) is 19.1 Å². The average Bonchev–Trinajstić information content (AvgIpc) is 2.99. The number of likely N-dealkylation sites (tertiary alicyclic amines) is 1. The molecule has 244 valence electrons. The van der Waals surface area contributed by atoms with Crippen LogP contribution in [-0.2, 0) is 34.0 Å². The van der Waals surface area contributed by atoms with Crippen LogP contribution in [0.1, 0.15) is 64.9 Å². The van der Waals surface area contributed by atoms with Crippen LogP contribution in [0.2, 0.25) is 0 Å². The Morgan fingerprint density at radius 1 is 1.00 bits per heavy atom. The number of nitrogens with two attached hydrogens (primary N) is 1. The number of primary amides is 1. The van der Waals surface area contributed by atoms with E-state index in [1.54, 1.807) is 30.9 Å². The van der Waals surface area contributed by atoms with E-state index in [0.717, 1.165) is 5.56 Å². The molecule has 0 aromatic heterocycles. The third-order valence-electron chi connectivity index (χ3n) is 7.71. The largest absolute Gasteiger partial charge is 0.469 e. The van der Waals surface area contributed by atoms with Crippen molar-refractivity contribution in [1.29, 1.82) is 0 Å². The van der Waals surface area contributed by atoms with Gasteiger partial charge in [-0.2, -0.15) is 0 Å². The van der Waals surface area contributed by atoms with Gasteiger partial charge in [-0.15, -0.1) is 0 Å². The third kappa shape index (κ3) is 11.4. The minimum absolute atomic E-state index is 0.0427. The number of piperidine rings is 1. The van der Waals surface area contributed by atoms with Gasteiger partial charge in [0, 0.05) is 43.5 Å². The van der Waals surface area contributed by atoms with Crippen LogP contribution in [0.25, 0.3) is 0 Å². The minimum Gasteiger partial charge on any atom is -0.469 e. The van der Waals surface area contributed by atoms with Gasteiger partial charge in [0.05, 0.1) is 12.5 Å². The molecule has 2 rings (SSSR count). The highest BCUT2D eigenvalue weighted by Crippen LogP contribution is 2.32. The zero-order valence-electron chi connectivity index (χ0n) is 25.9. The fourth-order valence-corrected chi connectivity index (χ4v) is 5.19.